The van der Waals surface area contributed by atoms with Crippen molar-refractivity contribution in [3.63, 3.8) is 0 Å². The molecule has 0 aliphatic carbocycles. The zero-order chi connectivity index (χ0) is 32.0. The van der Waals surface area contributed by atoms with Gasteiger partial charge < -0.3 is 28.7 Å². The number of rotatable bonds is 13. The lowest BCUT2D eigenvalue weighted by Crippen LogP contribution is -2.50. The number of nitrogens with one attached hydrogen (secondary N) is 2. The van der Waals surface area contributed by atoms with Crippen LogP contribution in [0.5, 0.6) is 23.0 Å². The average Bonchev–Trinajstić information content (AvgIpc) is 3.59. The predicted molar refractivity (Wildman–Crippen MR) is 153 cm³/mol. The number of carbonyl (C=O) groups excluding carboxylic acids is 4. The van der Waals surface area contributed by atoms with Crippen LogP contribution in [0.25, 0.3) is 0 Å². The van der Waals surface area contributed by atoms with E-state index in [-0.39, 0.29) is 39.0 Å². The van der Waals surface area contributed by atoms with Crippen molar-refractivity contribution in [3.05, 3.63) is 47.5 Å². The molecular weight excluding hydrogens is 576 g/mol. The SMILES string of the molecule is COc1ccc(CN2CCC(C(C(=O)NO)C(C(=O)NO)C3CCN(Cc4ccc(OC)cc4OC)C3=O)C2=O)c(OC)c1. The number of hydrogen-bond acceptors (Lipinski definition) is 10. The molecule has 44 heavy (non-hydrogen) atoms. The Morgan fingerprint density at radius 2 is 1.11 bits per heavy atom. The molecule has 14 heteroatoms. The molecule has 0 radical (unpaired) electrons. The van der Waals surface area contributed by atoms with Gasteiger partial charge in [0.1, 0.15) is 23.0 Å². The molecule has 0 bridgehead atoms. The number of methoxy groups -OCH3 is 4. The van der Waals surface area contributed by atoms with Gasteiger partial charge >= 0.3 is 0 Å². The zero-order valence-electron chi connectivity index (χ0n) is 25.1. The summed E-state index contributed by atoms with van der Waals surface area (Å²) in [6.45, 7) is 0.825. The lowest BCUT2D eigenvalue weighted by Gasteiger charge is -2.31. The molecule has 2 fully saturated rings. The number of likely N-dealkylation sites (tertiary alicyclic amines) is 2. The minimum Gasteiger partial charge on any atom is -0.497 e. The molecule has 0 spiro atoms. The first-order chi connectivity index (χ1) is 21.2. The summed E-state index contributed by atoms with van der Waals surface area (Å²) in [4.78, 5) is 56.8. The number of ether oxygens (including phenoxy) is 4. The van der Waals surface area contributed by atoms with Gasteiger partial charge in [-0.1, -0.05) is 0 Å². The number of amides is 4. The summed E-state index contributed by atoms with van der Waals surface area (Å²) in [7, 11) is 6.05. The van der Waals surface area contributed by atoms with Crippen LogP contribution in [-0.2, 0) is 32.3 Å². The van der Waals surface area contributed by atoms with E-state index in [1.165, 1.54) is 38.2 Å². The van der Waals surface area contributed by atoms with Crippen LogP contribution in [0.3, 0.4) is 0 Å². The molecule has 2 aromatic rings. The molecule has 4 rings (SSSR count). The molecule has 238 valence electrons. The standard InChI is InChI=1S/C30H38N4O10/c1-41-19-7-5-17(23(13-19)43-3)15-33-11-9-21(29(33)37)25(27(35)31-39)26(28(36)32-40)22-10-12-34(30(22)38)16-18-6-8-20(42-2)14-24(18)44-4/h5-8,13-14,21-22,25-26,39-40H,9-12,15-16H2,1-4H3,(H,31,35)(H,32,36). The summed E-state index contributed by atoms with van der Waals surface area (Å²) in [5.41, 5.74) is 4.55. The van der Waals surface area contributed by atoms with Gasteiger partial charge in [0.15, 0.2) is 0 Å². The molecule has 0 saturated carbocycles. The van der Waals surface area contributed by atoms with Gasteiger partial charge in [-0.25, -0.2) is 11.0 Å². The molecule has 2 aliphatic rings. The van der Waals surface area contributed by atoms with Gasteiger partial charge in [0.25, 0.3) is 0 Å². The molecule has 4 amide bonds. The Morgan fingerprint density at radius 3 is 1.43 bits per heavy atom. The number of carbonyl (C=O) groups is 4. The zero-order valence-corrected chi connectivity index (χ0v) is 25.1. The van der Waals surface area contributed by atoms with Gasteiger partial charge in [0.05, 0.1) is 52.1 Å². The first-order valence-electron chi connectivity index (χ1n) is 14.1. The van der Waals surface area contributed by atoms with Crippen LogP contribution in [0.4, 0.5) is 0 Å². The molecule has 14 nitrogen and oxygen atoms in total. The third-order valence-corrected chi connectivity index (χ3v) is 8.47. The van der Waals surface area contributed by atoms with Crippen LogP contribution in [0.2, 0.25) is 0 Å². The minimum atomic E-state index is -1.44. The van der Waals surface area contributed by atoms with Crippen molar-refractivity contribution in [1.29, 1.82) is 0 Å². The average molecular weight is 615 g/mol. The summed E-state index contributed by atoms with van der Waals surface area (Å²) < 4.78 is 21.4. The number of hydroxylamine groups is 2. The topological polar surface area (TPSA) is 176 Å². The van der Waals surface area contributed by atoms with E-state index in [0.717, 1.165) is 0 Å². The van der Waals surface area contributed by atoms with E-state index in [9.17, 15) is 29.6 Å². The lowest BCUT2D eigenvalue weighted by atomic mass is 9.72. The minimum absolute atomic E-state index is 0.159. The second kappa shape index (κ2) is 14.3. The Bertz CT molecular complexity index is 1280. The third kappa shape index (κ3) is 6.50. The molecule has 4 atom stereocenters. The first kappa shape index (κ1) is 32.4. The monoisotopic (exact) mass is 614 g/mol. The number of benzene rings is 2. The predicted octanol–water partition coefficient (Wildman–Crippen LogP) is 1.36. The molecular formula is C30H38N4O10. The van der Waals surface area contributed by atoms with E-state index in [0.29, 0.717) is 34.1 Å². The highest BCUT2D eigenvalue weighted by Gasteiger charge is 2.52. The Balaban J connectivity index is 1.58. The van der Waals surface area contributed by atoms with Gasteiger partial charge in [0.2, 0.25) is 23.6 Å². The molecule has 0 aromatic heterocycles. The number of nitrogens with zero attached hydrogens (tertiary/aromatic N) is 2. The highest BCUT2D eigenvalue weighted by Crippen LogP contribution is 2.40. The van der Waals surface area contributed by atoms with Crippen molar-refractivity contribution in [1.82, 2.24) is 20.8 Å². The Labute approximate surface area is 254 Å². The summed E-state index contributed by atoms with van der Waals surface area (Å²) >= 11 is 0. The van der Waals surface area contributed by atoms with Gasteiger partial charge in [-0.2, -0.15) is 0 Å². The molecule has 4 unspecified atom stereocenters. The van der Waals surface area contributed by atoms with Crippen LogP contribution in [0.1, 0.15) is 24.0 Å². The summed E-state index contributed by atoms with van der Waals surface area (Å²) in [6, 6.07) is 10.4. The van der Waals surface area contributed by atoms with E-state index in [1.54, 1.807) is 47.4 Å². The molecule has 2 aromatic carbocycles. The van der Waals surface area contributed by atoms with Crippen LogP contribution in [-0.4, -0.2) is 85.4 Å². The van der Waals surface area contributed by atoms with E-state index in [4.69, 9.17) is 18.9 Å². The Hall–Kier alpha value is -4.56. The van der Waals surface area contributed by atoms with E-state index >= 15 is 0 Å². The summed E-state index contributed by atoms with van der Waals surface area (Å²) in [6.07, 6.45) is 0.358. The van der Waals surface area contributed by atoms with Crippen LogP contribution < -0.4 is 29.9 Å². The van der Waals surface area contributed by atoms with Crippen molar-refractivity contribution in [2.75, 3.05) is 41.5 Å². The molecule has 4 N–H and O–H groups in total. The summed E-state index contributed by atoms with van der Waals surface area (Å²) in [5.74, 6) is -5.65. The third-order valence-electron chi connectivity index (χ3n) is 8.47. The van der Waals surface area contributed by atoms with Gasteiger partial charge in [0, 0.05) is 49.4 Å². The van der Waals surface area contributed by atoms with Crippen LogP contribution in [0, 0.1) is 23.7 Å². The van der Waals surface area contributed by atoms with Crippen LogP contribution in [0.15, 0.2) is 36.4 Å². The molecule has 2 heterocycles. The van der Waals surface area contributed by atoms with Crippen molar-refractivity contribution in [2.45, 2.75) is 25.9 Å². The fourth-order valence-electron chi connectivity index (χ4n) is 6.22. The fourth-order valence-corrected chi connectivity index (χ4v) is 6.22. The number of hydrogen-bond donors (Lipinski definition) is 4. The maximum atomic E-state index is 13.7. The summed E-state index contributed by atoms with van der Waals surface area (Å²) in [5, 5.41) is 19.3. The van der Waals surface area contributed by atoms with E-state index in [2.05, 4.69) is 0 Å². The first-order valence-corrected chi connectivity index (χ1v) is 14.1. The highest BCUT2D eigenvalue weighted by molar-refractivity contribution is 5.96. The van der Waals surface area contributed by atoms with Crippen molar-refractivity contribution in [2.24, 2.45) is 23.7 Å². The van der Waals surface area contributed by atoms with Gasteiger partial charge in [-0.15, -0.1) is 0 Å². The maximum Gasteiger partial charge on any atom is 0.248 e. The van der Waals surface area contributed by atoms with Gasteiger partial charge in [-0.3, -0.25) is 29.6 Å². The van der Waals surface area contributed by atoms with Gasteiger partial charge in [-0.05, 0) is 37.1 Å². The van der Waals surface area contributed by atoms with Crippen molar-refractivity contribution in [3.8, 4) is 23.0 Å². The Morgan fingerprint density at radius 1 is 0.727 bits per heavy atom. The maximum absolute atomic E-state index is 13.7. The largest absolute Gasteiger partial charge is 0.497 e. The van der Waals surface area contributed by atoms with E-state index in [1.807, 2.05) is 0 Å². The smallest absolute Gasteiger partial charge is 0.248 e. The second-order valence-corrected chi connectivity index (χ2v) is 10.7. The molecule has 2 aliphatic heterocycles. The van der Waals surface area contributed by atoms with Crippen molar-refractivity contribution < 1.29 is 48.5 Å². The molecule has 2 saturated heterocycles. The Kier molecular flexibility index (Phi) is 10.5. The highest BCUT2D eigenvalue weighted by atomic mass is 16.5. The van der Waals surface area contributed by atoms with E-state index < -0.39 is 47.3 Å². The van der Waals surface area contributed by atoms with Crippen molar-refractivity contribution >= 4 is 23.6 Å². The van der Waals surface area contributed by atoms with Crippen LogP contribution >= 0.6 is 0 Å². The second-order valence-electron chi connectivity index (χ2n) is 10.7. The quantitative estimate of drug-likeness (QED) is 0.190. The lowest BCUT2D eigenvalue weighted by molar-refractivity contribution is -0.154. The fraction of sp³-hybridized carbons (Fsp3) is 0.467. The normalized spacial score (nSPS) is 19.4.